The van der Waals surface area contributed by atoms with Gasteiger partial charge in [-0.1, -0.05) is 84.5 Å². The summed E-state index contributed by atoms with van der Waals surface area (Å²) in [5, 5.41) is 12.6. The second kappa shape index (κ2) is 15.8. The van der Waals surface area contributed by atoms with Gasteiger partial charge in [-0.25, -0.2) is 0 Å². The van der Waals surface area contributed by atoms with Crippen LogP contribution in [0.3, 0.4) is 0 Å². The molecule has 3 heteroatoms. The Morgan fingerprint density at radius 2 is 1.29 bits per heavy atom. The predicted molar refractivity (Wildman–Crippen MR) is 90.4 cm³/mol. The highest BCUT2D eigenvalue weighted by Gasteiger charge is 2.13. The Bertz CT molecular complexity index is 231. The van der Waals surface area contributed by atoms with E-state index in [0.717, 1.165) is 19.3 Å². The number of hydrogen-bond acceptors (Lipinski definition) is 2. The number of aliphatic hydroxyl groups excluding tert-OH is 1. The highest BCUT2D eigenvalue weighted by Crippen LogP contribution is 2.09. The number of rotatable bonds is 15. The molecule has 0 aliphatic carbocycles. The minimum absolute atomic E-state index is 0.183. The highest BCUT2D eigenvalue weighted by molar-refractivity contribution is 5.80. The van der Waals surface area contributed by atoms with Crippen molar-refractivity contribution in [1.29, 1.82) is 0 Å². The molecule has 0 fully saturated rings. The molecule has 126 valence electrons. The lowest BCUT2D eigenvalue weighted by Gasteiger charge is -2.11. The number of nitrogens with one attached hydrogen (secondary N) is 1. The molecule has 0 bridgehead atoms. The van der Waals surface area contributed by atoms with Crippen LogP contribution in [0.15, 0.2) is 0 Å². The summed E-state index contributed by atoms with van der Waals surface area (Å²) in [5.74, 6) is -0.183. The average molecular weight is 299 g/mol. The van der Waals surface area contributed by atoms with E-state index in [1.165, 1.54) is 57.8 Å². The molecule has 0 aromatic carbocycles. The molecule has 0 heterocycles. The summed E-state index contributed by atoms with van der Waals surface area (Å²) < 4.78 is 0. The molecular weight excluding hydrogens is 262 g/mol. The topological polar surface area (TPSA) is 49.3 Å². The molecule has 0 rings (SSSR count). The van der Waals surface area contributed by atoms with E-state index in [2.05, 4.69) is 19.2 Å². The number of amides is 1. The van der Waals surface area contributed by atoms with Crippen LogP contribution in [0.1, 0.15) is 97.3 Å². The minimum atomic E-state index is -0.809. The summed E-state index contributed by atoms with van der Waals surface area (Å²) in [6.45, 7) is 5.13. The first-order chi connectivity index (χ1) is 10.2. The Hall–Kier alpha value is -0.570. The zero-order valence-electron chi connectivity index (χ0n) is 14.3. The summed E-state index contributed by atoms with van der Waals surface area (Å²) in [6.07, 6.45) is 14.2. The van der Waals surface area contributed by atoms with Gasteiger partial charge in [0.15, 0.2) is 0 Å². The van der Waals surface area contributed by atoms with Crippen molar-refractivity contribution in [3.63, 3.8) is 0 Å². The van der Waals surface area contributed by atoms with Crippen molar-refractivity contribution < 1.29 is 9.90 Å². The molecule has 21 heavy (non-hydrogen) atoms. The first kappa shape index (κ1) is 20.4. The van der Waals surface area contributed by atoms with Crippen LogP contribution in [0.2, 0.25) is 0 Å². The third-order valence-corrected chi connectivity index (χ3v) is 3.96. The summed E-state index contributed by atoms with van der Waals surface area (Å²) in [4.78, 5) is 11.7. The lowest BCUT2D eigenvalue weighted by molar-refractivity contribution is -0.129. The largest absolute Gasteiger partial charge is 0.383 e. The fourth-order valence-corrected chi connectivity index (χ4v) is 2.48. The molecule has 1 unspecified atom stereocenters. The maximum Gasteiger partial charge on any atom is 0.248 e. The Morgan fingerprint density at radius 3 is 1.86 bits per heavy atom. The molecule has 0 aromatic rings. The molecule has 0 aliphatic rings. The van der Waals surface area contributed by atoms with Crippen LogP contribution in [0.5, 0.6) is 0 Å². The van der Waals surface area contributed by atoms with E-state index in [0.29, 0.717) is 13.0 Å². The van der Waals surface area contributed by atoms with E-state index in [9.17, 15) is 9.90 Å². The van der Waals surface area contributed by atoms with Gasteiger partial charge < -0.3 is 10.4 Å². The van der Waals surface area contributed by atoms with Gasteiger partial charge >= 0.3 is 0 Å². The van der Waals surface area contributed by atoms with Gasteiger partial charge in [0.25, 0.3) is 0 Å². The van der Waals surface area contributed by atoms with Gasteiger partial charge in [-0.15, -0.1) is 0 Å². The van der Waals surface area contributed by atoms with Crippen LogP contribution in [0, 0.1) is 0 Å². The summed E-state index contributed by atoms with van der Waals surface area (Å²) in [5.41, 5.74) is 0. The zero-order chi connectivity index (χ0) is 15.8. The smallest absolute Gasteiger partial charge is 0.248 e. The van der Waals surface area contributed by atoms with E-state index in [4.69, 9.17) is 0 Å². The van der Waals surface area contributed by atoms with E-state index in [1.807, 2.05) is 0 Å². The predicted octanol–water partition coefficient (Wildman–Crippen LogP) is 4.57. The standard InChI is InChI=1S/C18H37NO2/c1-3-5-7-9-11-13-15-17(20)18(21)19-16-14-12-10-8-6-4-2/h17,20H,3-16H2,1-2H3,(H,19,21). The van der Waals surface area contributed by atoms with Crippen molar-refractivity contribution in [2.45, 2.75) is 103 Å². The van der Waals surface area contributed by atoms with Crippen LogP contribution in [-0.4, -0.2) is 23.7 Å². The van der Waals surface area contributed by atoms with Crippen molar-refractivity contribution in [1.82, 2.24) is 5.32 Å². The first-order valence-corrected chi connectivity index (χ1v) is 9.18. The van der Waals surface area contributed by atoms with E-state index >= 15 is 0 Å². The SMILES string of the molecule is CCCCCCCCNC(=O)C(O)CCCCCCCC. The molecule has 0 spiro atoms. The summed E-state index contributed by atoms with van der Waals surface area (Å²) >= 11 is 0. The molecule has 3 nitrogen and oxygen atoms in total. The molecule has 0 radical (unpaired) electrons. The number of hydrogen-bond donors (Lipinski definition) is 2. The van der Waals surface area contributed by atoms with Crippen molar-refractivity contribution in [2.24, 2.45) is 0 Å². The van der Waals surface area contributed by atoms with Gasteiger partial charge in [-0.05, 0) is 12.8 Å². The van der Waals surface area contributed by atoms with Crippen LogP contribution >= 0.6 is 0 Å². The Morgan fingerprint density at radius 1 is 0.810 bits per heavy atom. The molecule has 0 saturated heterocycles. The maximum absolute atomic E-state index is 11.7. The van der Waals surface area contributed by atoms with Gasteiger partial charge in [-0.3, -0.25) is 4.79 Å². The number of carbonyl (C=O) groups excluding carboxylic acids is 1. The number of unbranched alkanes of at least 4 members (excludes halogenated alkanes) is 10. The lowest BCUT2D eigenvalue weighted by Crippen LogP contribution is -2.35. The van der Waals surface area contributed by atoms with Crippen LogP contribution in [0.25, 0.3) is 0 Å². The fourth-order valence-electron chi connectivity index (χ4n) is 2.48. The van der Waals surface area contributed by atoms with Gasteiger partial charge in [0.1, 0.15) is 6.10 Å². The third-order valence-electron chi connectivity index (χ3n) is 3.96. The van der Waals surface area contributed by atoms with Crippen LogP contribution in [0.4, 0.5) is 0 Å². The number of carbonyl (C=O) groups is 1. The van der Waals surface area contributed by atoms with Crippen LogP contribution < -0.4 is 5.32 Å². The van der Waals surface area contributed by atoms with Gasteiger partial charge in [0.05, 0.1) is 0 Å². The fraction of sp³-hybridized carbons (Fsp3) is 0.944. The summed E-state index contributed by atoms with van der Waals surface area (Å²) in [6, 6.07) is 0. The number of aliphatic hydroxyl groups is 1. The highest BCUT2D eigenvalue weighted by atomic mass is 16.3. The van der Waals surface area contributed by atoms with Crippen molar-refractivity contribution in [3.8, 4) is 0 Å². The van der Waals surface area contributed by atoms with Crippen molar-refractivity contribution in [3.05, 3.63) is 0 Å². The molecular formula is C18H37NO2. The van der Waals surface area contributed by atoms with Crippen molar-refractivity contribution >= 4 is 5.91 Å². The second-order valence-corrected chi connectivity index (χ2v) is 6.13. The second-order valence-electron chi connectivity index (χ2n) is 6.13. The Labute approximate surface area is 131 Å². The van der Waals surface area contributed by atoms with Gasteiger partial charge in [0, 0.05) is 6.54 Å². The van der Waals surface area contributed by atoms with E-state index in [1.54, 1.807) is 0 Å². The molecule has 1 atom stereocenters. The normalized spacial score (nSPS) is 12.3. The minimum Gasteiger partial charge on any atom is -0.383 e. The van der Waals surface area contributed by atoms with Gasteiger partial charge in [0.2, 0.25) is 5.91 Å². The quantitative estimate of drug-likeness (QED) is 0.435. The molecule has 1 amide bonds. The lowest BCUT2D eigenvalue weighted by atomic mass is 10.1. The van der Waals surface area contributed by atoms with Crippen molar-refractivity contribution in [2.75, 3.05) is 6.54 Å². The zero-order valence-corrected chi connectivity index (χ0v) is 14.3. The van der Waals surface area contributed by atoms with Gasteiger partial charge in [-0.2, -0.15) is 0 Å². The molecule has 0 saturated carbocycles. The Kier molecular flexibility index (Phi) is 15.4. The van der Waals surface area contributed by atoms with E-state index in [-0.39, 0.29) is 5.91 Å². The monoisotopic (exact) mass is 299 g/mol. The third kappa shape index (κ3) is 14.1. The molecule has 0 aliphatic heterocycles. The van der Waals surface area contributed by atoms with Crippen LogP contribution in [-0.2, 0) is 4.79 Å². The maximum atomic E-state index is 11.7. The first-order valence-electron chi connectivity index (χ1n) is 9.18. The molecule has 0 aromatic heterocycles. The summed E-state index contributed by atoms with van der Waals surface area (Å²) in [7, 11) is 0. The van der Waals surface area contributed by atoms with E-state index < -0.39 is 6.10 Å². The average Bonchev–Trinajstić information content (AvgIpc) is 2.49. The Balaban J connectivity index is 3.36. The molecule has 2 N–H and O–H groups in total.